The van der Waals surface area contributed by atoms with Gasteiger partial charge in [-0.15, -0.1) is 5.10 Å². The summed E-state index contributed by atoms with van der Waals surface area (Å²) in [6.07, 6.45) is 0.824. The van der Waals surface area contributed by atoms with Gasteiger partial charge in [0.15, 0.2) is 11.0 Å². The van der Waals surface area contributed by atoms with Gasteiger partial charge in [0, 0.05) is 11.6 Å². The molecule has 0 aliphatic carbocycles. The monoisotopic (exact) mass is 426 g/mol. The van der Waals surface area contributed by atoms with Gasteiger partial charge in [0.1, 0.15) is 0 Å². The highest BCUT2D eigenvalue weighted by Crippen LogP contribution is 2.33. The fourth-order valence-electron chi connectivity index (χ4n) is 3.10. The fraction of sp³-hybridized carbons (Fsp3) is 0.250. The number of aromatic nitrogens is 6. The van der Waals surface area contributed by atoms with Gasteiger partial charge >= 0.3 is 0 Å². The molecule has 148 valence electrons. The fourth-order valence-corrected chi connectivity index (χ4v) is 4.28. The van der Waals surface area contributed by atoms with Crippen molar-refractivity contribution < 1.29 is 0 Å². The van der Waals surface area contributed by atoms with E-state index in [2.05, 4.69) is 15.5 Å². The van der Waals surface area contributed by atoms with Crippen molar-refractivity contribution in [1.29, 1.82) is 0 Å². The van der Waals surface area contributed by atoms with E-state index in [9.17, 15) is 4.79 Å². The van der Waals surface area contributed by atoms with E-state index in [1.165, 1.54) is 11.8 Å². The molecule has 2 aromatic carbocycles. The Morgan fingerprint density at radius 1 is 1.17 bits per heavy atom. The number of rotatable bonds is 6. The highest BCUT2D eigenvalue weighted by molar-refractivity contribution is 7.99. The van der Waals surface area contributed by atoms with E-state index in [1.807, 2.05) is 44.2 Å². The van der Waals surface area contributed by atoms with Crippen LogP contribution in [-0.2, 0) is 6.54 Å². The molecular formula is C20H19ClN6OS. The smallest absolute Gasteiger partial charge is 0.262 e. The molecule has 2 aromatic heterocycles. The van der Waals surface area contributed by atoms with Gasteiger partial charge < -0.3 is 0 Å². The Hall–Kier alpha value is -2.71. The van der Waals surface area contributed by atoms with Gasteiger partial charge in [-0.3, -0.25) is 9.36 Å². The van der Waals surface area contributed by atoms with E-state index in [0.717, 1.165) is 12.1 Å². The number of hydrogen-bond acceptors (Lipinski definition) is 6. The van der Waals surface area contributed by atoms with Crippen molar-refractivity contribution in [3.8, 4) is 5.69 Å². The maximum absolute atomic E-state index is 13.0. The van der Waals surface area contributed by atoms with Crippen molar-refractivity contribution >= 4 is 34.3 Å². The molecule has 0 amide bonds. The molecule has 0 saturated carbocycles. The molecule has 0 unspecified atom stereocenters. The van der Waals surface area contributed by atoms with Crippen molar-refractivity contribution in [1.82, 2.24) is 29.8 Å². The molecule has 29 heavy (non-hydrogen) atoms. The second kappa shape index (κ2) is 8.34. The lowest BCUT2D eigenvalue weighted by atomic mass is 10.2. The number of nitrogens with zero attached hydrogens (tertiary/aromatic N) is 6. The lowest BCUT2D eigenvalue weighted by Gasteiger charge is -2.16. The molecule has 0 bridgehead atoms. The second-order valence-electron chi connectivity index (χ2n) is 6.56. The van der Waals surface area contributed by atoms with Crippen LogP contribution >= 0.6 is 23.4 Å². The summed E-state index contributed by atoms with van der Waals surface area (Å²) in [5, 5.41) is 13.8. The average Bonchev–Trinajstić information content (AvgIpc) is 3.21. The minimum Gasteiger partial charge on any atom is -0.287 e. The summed E-state index contributed by atoms with van der Waals surface area (Å²) >= 11 is 7.57. The van der Waals surface area contributed by atoms with E-state index in [-0.39, 0.29) is 10.8 Å². The van der Waals surface area contributed by atoms with Gasteiger partial charge in [-0.05, 0) is 54.1 Å². The molecule has 0 radical (unpaired) electrons. The van der Waals surface area contributed by atoms with Gasteiger partial charge in [-0.25, -0.2) is 4.98 Å². The zero-order valence-electron chi connectivity index (χ0n) is 16.0. The SMILES string of the molecule is CCCn1c(S[C@H](C)c2nnnn2-c2ccccc2)nc2cc(Cl)ccc2c1=O. The minimum atomic E-state index is -0.128. The quantitative estimate of drug-likeness (QED) is 0.338. The van der Waals surface area contributed by atoms with Crippen molar-refractivity contribution in [2.45, 2.75) is 37.2 Å². The summed E-state index contributed by atoms with van der Waals surface area (Å²) in [6.45, 7) is 4.62. The van der Waals surface area contributed by atoms with Gasteiger partial charge in [0.2, 0.25) is 0 Å². The normalized spacial score (nSPS) is 12.4. The predicted octanol–water partition coefficient (Wildman–Crippen LogP) is 4.29. The second-order valence-corrected chi connectivity index (χ2v) is 8.30. The van der Waals surface area contributed by atoms with E-state index < -0.39 is 0 Å². The van der Waals surface area contributed by atoms with E-state index >= 15 is 0 Å². The van der Waals surface area contributed by atoms with E-state index in [1.54, 1.807) is 27.4 Å². The molecule has 4 aromatic rings. The Balaban J connectivity index is 1.75. The molecule has 0 aliphatic rings. The molecule has 7 nitrogen and oxygen atoms in total. The number of para-hydroxylation sites is 1. The van der Waals surface area contributed by atoms with Crippen LogP contribution in [0.2, 0.25) is 5.02 Å². The Morgan fingerprint density at radius 2 is 1.97 bits per heavy atom. The lowest BCUT2D eigenvalue weighted by Crippen LogP contribution is -2.23. The zero-order valence-corrected chi connectivity index (χ0v) is 17.6. The van der Waals surface area contributed by atoms with Crippen LogP contribution in [0.5, 0.6) is 0 Å². The van der Waals surface area contributed by atoms with E-state index in [4.69, 9.17) is 16.6 Å². The third-order valence-corrected chi connectivity index (χ3v) is 5.79. The zero-order chi connectivity index (χ0) is 20.4. The van der Waals surface area contributed by atoms with Gasteiger partial charge in [0.05, 0.1) is 21.8 Å². The van der Waals surface area contributed by atoms with Crippen molar-refractivity contribution in [2.24, 2.45) is 0 Å². The van der Waals surface area contributed by atoms with Gasteiger partial charge in [-0.2, -0.15) is 4.68 Å². The van der Waals surface area contributed by atoms with Crippen LogP contribution in [-0.4, -0.2) is 29.8 Å². The number of hydrogen-bond donors (Lipinski definition) is 0. The average molecular weight is 427 g/mol. The van der Waals surface area contributed by atoms with Crippen LogP contribution < -0.4 is 5.56 Å². The standard InChI is InChI=1S/C20H19ClN6OS/c1-3-11-26-19(28)16-10-9-14(21)12-17(16)22-20(26)29-13(2)18-23-24-25-27(18)15-7-5-4-6-8-15/h4-10,12-13H,3,11H2,1-2H3/t13-/m1/s1. The topological polar surface area (TPSA) is 78.5 Å². The number of tetrazole rings is 1. The summed E-state index contributed by atoms with van der Waals surface area (Å²) in [5.74, 6) is 0.685. The van der Waals surface area contributed by atoms with Crippen LogP contribution in [0.4, 0.5) is 0 Å². The van der Waals surface area contributed by atoms with Crippen LogP contribution in [0.15, 0.2) is 58.5 Å². The Bertz CT molecular complexity index is 1210. The highest BCUT2D eigenvalue weighted by atomic mass is 35.5. The Kier molecular flexibility index (Phi) is 5.64. The summed E-state index contributed by atoms with van der Waals surface area (Å²) in [4.78, 5) is 17.8. The molecule has 0 saturated heterocycles. The molecule has 4 rings (SSSR count). The van der Waals surface area contributed by atoms with E-state index in [0.29, 0.717) is 33.5 Å². The lowest BCUT2D eigenvalue weighted by molar-refractivity contribution is 0.583. The summed E-state index contributed by atoms with van der Waals surface area (Å²) < 4.78 is 3.42. The molecule has 0 fully saturated rings. The van der Waals surface area contributed by atoms with Crippen molar-refractivity contribution in [2.75, 3.05) is 0 Å². The molecule has 0 spiro atoms. The number of benzene rings is 2. The van der Waals surface area contributed by atoms with Crippen molar-refractivity contribution in [3.63, 3.8) is 0 Å². The first-order chi connectivity index (χ1) is 14.1. The molecule has 0 aliphatic heterocycles. The highest BCUT2D eigenvalue weighted by Gasteiger charge is 2.21. The van der Waals surface area contributed by atoms with Gasteiger partial charge in [0.25, 0.3) is 5.56 Å². The summed E-state index contributed by atoms with van der Waals surface area (Å²) in [7, 11) is 0. The Labute approximate surface area is 176 Å². The number of fused-ring (bicyclic) bond motifs is 1. The van der Waals surface area contributed by atoms with Crippen molar-refractivity contribution in [3.05, 3.63) is 69.7 Å². The van der Waals surface area contributed by atoms with Crippen LogP contribution in [0.3, 0.4) is 0 Å². The first kappa shape index (κ1) is 19.6. The van der Waals surface area contributed by atoms with Crippen LogP contribution in [0.1, 0.15) is 31.3 Å². The largest absolute Gasteiger partial charge is 0.287 e. The van der Waals surface area contributed by atoms with Crippen LogP contribution in [0.25, 0.3) is 16.6 Å². The first-order valence-corrected chi connectivity index (χ1v) is 10.5. The van der Waals surface area contributed by atoms with Crippen LogP contribution in [0, 0.1) is 0 Å². The molecule has 2 heterocycles. The first-order valence-electron chi connectivity index (χ1n) is 9.29. The minimum absolute atomic E-state index is 0.0640. The molecule has 9 heteroatoms. The maximum atomic E-state index is 13.0. The maximum Gasteiger partial charge on any atom is 0.262 e. The summed E-state index contributed by atoms with van der Waals surface area (Å²) in [5.41, 5.74) is 1.40. The third kappa shape index (κ3) is 3.90. The Morgan fingerprint density at radius 3 is 2.72 bits per heavy atom. The third-order valence-electron chi connectivity index (χ3n) is 4.47. The molecule has 1 atom stereocenters. The summed E-state index contributed by atoms with van der Waals surface area (Å²) in [6, 6.07) is 14.9. The van der Waals surface area contributed by atoms with Gasteiger partial charge in [-0.1, -0.05) is 48.5 Å². The predicted molar refractivity (Wildman–Crippen MR) is 115 cm³/mol. The molecular weight excluding hydrogens is 408 g/mol. The number of thioether (sulfide) groups is 1. The number of halogens is 1. The molecule has 0 N–H and O–H groups in total.